The molecular weight excluding hydrogens is 324 g/mol. The van der Waals surface area contributed by atoms with Gasteiger partial charge in [0.25, 0.3) is 0 Å². The molecule has 8 heteroatoms. The molecule has 0 radical (unpaired) electrons. The summed E-state index contributed by atoms with van der Waals surface area (Å²) in [6.45, 7) is 1.40. The maximum atomic E-state index is 13.5. The third-order valence-corrected chi connectivity index (χ3v) is 3.08. The number of ether oxygens (including phenoxy) is 2. The van der Waals surface area contributed by atoms with E-state index in [0.717, 1.165) is 12.1 Å². The minimum Gasteiger partial charge on any atom is -0.487 e. The Morgan fingerprint density at radius 1 is 1.25 bits per heavy atom. The lowest BCUT2D eigenvalue weighted by Gasteiger charge is -2.08. The summed E-state index contributed by atoms with van der Waals surface area (Å²) in [4.78, 5) is 22.3. The number of rotatable bonds is 6. The molecule has 0 heterocycles. The molecule has 24 heavy (non-hydrogen) atoms. The van der Waals surface area contributed by atoms with Crippen LogP contribution in [0.4, 0.5) is 14.5 Å². The second kappa shape index (κ2) is 7.49. The van der Waals surface area contributed by atoms with Gasteiger partial charge in [0.2, 0.25) is 0 Å². The lowest BCUT2D eigenvalue weighted by Crippen LogP contribution is -2.08. The van der Waals surface area contributed by atoms with Crippen molar-refractivity contribution in [1.82, 2.24) is 0 Å². The third-order valence-electron chi connectivity index (χ3n) is 3.08. The first-order valence-electron chi connectivity index (χ1n) is 6.95. The van der Waals surface area contributed by atoms with Gasteiger partial charge in [-0.1, -0.05) is 12.1 Å². The summed E-state index contributed by atoms with van der Waals surface area (Å²) < 4.78 is 36.6. The second-order valence-corrected chi connectivity index (χ2v) is 4.66. The van der Waals surface area contributed by atoms with Crippen LogP contribution >= 0.6 is 0 Å². The molecule has 126 valence electrons. The molecule has 0 N–H and O–H groups in total. The summed E-state index contributed by atoms with van der Waals surface area (Å²) in [7, 11) is 0. The third kappa shape index (κ3) is 3.83. The zero-order valence-corrected chi connectivity index (χ0v) is 12.6. The quantitative estimate of drug-likeness (QED) is 0.457. The molecule has 2 aromatic carbocycles. The summed E-state index contributed by atoms with van der Waals surface area (Å²) in [5.74, 6) is -3.04. The molecule has 6 nitrogen and oxygen atoms in total. The fourth-order valence-electron chi connectivity index (χ4n) is 1.95. The second-order valence-electron chi connectivity index (χ2n) is 4.66. The van der Waals surface area contributed by atoms with Gasteiger partial charge in [0.15, 0.2) is 17.4 Å². The summed E-state index contributed by atoms with van der Waals surface area (Å²) in [5, 5.41) is 11.0. The number of carbonyl (C=O) groups excluding carboxylic acids is 1. The van der Waals surface area contributed by atoms with Gasteiger partial charge < -0.3 is 9.47 Å². The highest BCUT2D eigenvalue weighted by Crippen LogP contribution is 2.28. The van der Waals surface area contributed by atoms with Gasteiger partial charge in [-0.2, -0.15) is 0 Å². The Bertz CT molecular complexity index is 779. The van der Waals surface area contributed by atoms with Crippen LogP contribution in [0.1, 0.15) is 22.8 Å². The van der Waals surface area contributed by atoms with E-state index in [2.05, 4.69) is 0 Å². The minimum absolute atomic E-state index is 0.0234. The first kappa shape index (κ1) is 17.3. The van der Waals surface area contributed by atoms with Gasteiger partial charge in [0.1, 0.15) is 6.61 Å². The molecule has 2 aromatic rings. The van der Waals surface area contributed by atoms with Crippen molar-refractivity contribution in [3.63, 3.8) is 0 Å². The highest BCUT2D eigenvalue weighted by Gasteiger charge is 2.20. The van der Waals surface area contributed by atoms with E-state index in [1.54, 1.807) is 6.92 Å². The number of carbonyl (C=O) groups is 1. The van der Waals surface area contributed by atoms with E-state index in [1.165, 1.54) is 24.3 Å². The Hall–Kier alpha value is -3.03. The van der Waals surface area contributed by atoms with E-state index in [-0.39, 0.29) is 29.2 Å². The Morgan fingerprint density at radius 2 is 2.00 bits per heavy atom. The van der Waals surface area contributed by atoms with Crippen LogP contribution in [0.15, 0.2) is 36.4 Å². The van der Waals surface area contributed by atoms with Gasteiger partial charge in [-0.25, -0.2) is 13.6 Å². The predicted molar refractivity (Wildman–Crippen MR) is 79.7 cm³/mol. The van der Waals surface area contributed by atoms with Crippen molar-refractivity contribution in [1.29, 1.82) is 0 Å². The Morgan fingerprint density at radius 3 is 2.67 bits per heavy atom. The number of hydrogen-bond donors (Lipinski definition) is 0. The monoisotopic (exact) mass is 337 g/mol. The van der Waals surface area contributed by atoms with E-state index in [0.29, 0.717) is 0 Å². The highest BCUT2D eigenvalue weighted by atomic mass is 19.2. The number of benzene rings is 2. The first-order valence-corrected chi connectivity index (χ1v) is 6.95. The van der Waals surface area contributed by atoms with Gasteiger partial charge >= 0.3 is 11.7 Å². The van der Waals surface area contributed by atoms with E-state index in [1.807, 2.05) is 0 Å². The summed E-state index contributed by atoms with van der Waals surface area (Å²) in [5.41, 5.74) is -0.617. The van der Waals surface area contributed by atoms with Crippen molar-refractivity contribution in [3.05, 3.63) is 69.3 Å². The van der Waals surface area contributed by atoms with Crippen LogP contribution in [0.2, 0.25) is 0 Å². The molecule has 0 spiro atoms. The van der Waals surface area contributed by atoms with Crippen molar-refractivity contribution in [3.8, 4) is 5.75 Å². The molecule has 0 fully saturated rings. The molecule has 0 aliphatic rings. The molecule has 0 aliphatic carbocycles. The number of nitro benzene ring substituents is 1. The fraction of sp³-hybridized carbons (Fsp3) is 0.188. The highest BCUT2D eigenvalue weighted by molar-refractivity contribution is 5.90. The smallest absolute Gasteiger partial charge is 0.338 e. The van der Waals surface area contributed by atoms with E-state index in [4.69, 9.17) is 9.47 Å². The number of nitrogens with zero attached hydrogens (tertiary/aromatic N) is 1. The minimum atomic E-state index is -1.11. The molecule has 2 rings (SSSR count). The van der Waals surface area contributed by atoms with Crippen LogP contribution in [-0.2, 0) is 11.3 Å². The fourth-order valence-corrected chi connectivity index (χ4v) is 1.95. The maximum absolute atomic E-state index is 13.5. The van der Waals surface area contributed by atoms with Crippen LogP contribution in [0.25, 0.3) is 0 Å². The zero-order chi connectivity index (χ0) is 17.7. The molecular formula is C16H13F2NO5. The van der Waals surface area contributed by atoms with Crippen LogP contribution in [-0.4, -0.2) is 17.5 Å². The van der Waals surface area contributed by atoms with E-state index in [9.17, 15) is 23.7 Å². The van der Waals surface area contributed by atoms with Gasteiger partial charge in [-0.3, -0.25) is 10.1 Å². The zero-order valence-electron chi connectivity index (χ0n) is 12.6. The molecule has 0 saturated carbocycles. The largest absolute Gasteiger partial charge is 0.487 e. The molecule has 0 aliphatic heterocycles. The lowest BCUT2D eigenvalue weighted by atomic mass is 10.2. The van der Waals surface area contributed by atoms with Crippen LogP contribution in [0, 0.1) is 21.7 Å². The van der Waals surface area contributed by atoms with E-state index >= 15 is 0 Å². The topological polar surface area (TPSA) is 78.7 Å². The van der Waals surface area contributed by atoms with Crippen LogP contribution in [0.5, 0.6) is 5.75 Å². The van der Waals surface area contributed by atoms with Crippen molar-refractivity contribution in [2.24, 2.45) is 0 Å². The Labute approximate surface area is 135 Å². The van der Waals surface area contributed by atoms with Crippen molar-refractivity contribution >= 4 is 11.7 Å². The summed E-state index contributed by atoms with van der Waals surface area (Å²) in [6.07, 6.45) is 0. The van der Waals surface area contributed by atoms with E-state index < -0.39 is 29.1 Å². The average Bonchev–Trinajstić information content (AvgIpc) is 2.56. The SMILES string of the molecule is CCOc1ccc(C(=O)OCc2cccc(F)c2F)cc1[N+](=O)[O-]. The molecule has 0 amide bonds. The van der Waals surface area contributed by atoms with Crippen molar-refractivity contribution in [2.75, 3.05) is 6.61 Å². The summed E-state index contributed by atoms with van der Waals surface area (Å²) in [6, 6.07) is 7.07. The van der Waals surface area contributed by atoms with Gasteiger partial charge in [0.05, 0.1) is 17.1 Å². The maximum Gasteiger partial charge on any atom is 0.338 e. The first-order chi connectivity index (χ1) is 11.4. The van der Waals surface area contributed by atoms with Crippen LogP contribution in [0.3, 0.4) is 0 Å². The van der Waals surface area contributed by atoms with Crippen molar-refractivity contribution < 1.29 is 28.0 Å². The molecule has 0 unspecified atom stereocenters. The Balaban J connectivity index is 2.16. The molecule has 0 aromatic heterocycles. The lowest BCUT2D eigenvalue weighted by molar-refractivity contribution is -0.385. The standard InChI is InChI=1S/C16H13F2NO5/c1-2-23-14-7-6-10(8-13(14)19(21)22)16(20)24-9-11-4-3-5-12(17)15(11)18/h3-8H,2,9H2,1H3. The number of halogens is 2. The molecule has 0 atom stereocenters. The number of nitro groups is 1. The van der Waals surface area contributed by atoms with Gasteiger partial charge in [0, 0.05) is 11.6 Å². The predicted octanol–water partition coefficient (Wildman–Crippen LogP) is 3.63. The normalized spacial score (nSPS) is 10.3. The Kier molecular flexibility index (Phi) is 5.41. The molecule has 0 bridgehead atoms. The average molecular weight is 337 g/mol. The molecule has 0 saturated heterocycles. The van der Waals surface area contributed by atoms with Crippen molar-refractivity contribution in [2.45, 2.75) is 13.5 Å². The van der Waals surface area contributed by atoms with Gasteiger partial charge in [-0.15, -0.1) is 0 Å². The van der Waals surface area contributed by atoms with Gasteiger partial charge in [-0.05, 0) is 25.1 Å². The van der Waals surface area contributed by atoms with Crippen LogP contribution < -0.4 is 4.74 Å². The number of hydrogen-bond acceptors (Lipinski definition) is 5. The summed E-state index contributed by atoms with van der Waals surface area (Å²) >= 11 is 0. The number of esters is 1.